The van der Waals surface area contributed by atoms with E-state index < -0.39 is 0 Å². The number of benzene rings is 1. The maximum atomic E-state index is 11.7. The van der Waals surface area contributed by atoms with Crippen LogP contribution < -0.4 is 5.32 Å². The van der Waals surface area contributed by atoms with E-state index in [9.17, 15) is 4.79 Å². The minimum atomic E-state index is 0.0840. The number of amides is 1. The van der Waals surface area contributed by atoms with Crippen LogP contribution in [-0.4, -0.2) is 17.3 Å². The van der Waals surface area contributed by atoms with Gasteiger partial charge in [0.15, 0.2) is 0 Å². The fraction of sp³-hybridized carbons (Fsp3) is 0.500. The Bertz CT molecular complexity index is 376. The Kier molecular flexibility index (Phi) is 5.69. The normalized spacial score (nSPS) is 12.5. The first-order valence-electron chi connectivity index (χ1n) is 5.95. The van der Waals surface area contributed by atoms with Crippen molar-refractivity contribution in [3.8, 4) is 0 Å². The highest BCUT2D eigenvalue weighted by atomic mass is 79.9. The largest absolute Gasteiger partial charge is 0.355 e. The molecule has 1 rings (SSSR count). The summed E-state index contributed by atoms with van der Waals surface area (Å²) in [6.45, 7) is 6.98. The number of halogens is 1. The molecule has 1 N–H and O–H groups in total. The zero-order chi connectivity index (χ0) is 12.8. The number of carbonyl (C=O) groups is 1. The molecule has 0 heterocycles. The third kappa shape index (κ3) is 5.35. The summed E-state index contributed by atoms with van der Waals surface area (Å²) in [5, 5.41) is 2.95. The lowest BCUT2D eigenvalue weighted by atomic mass is 10.1. The van der Waals surface area contributed by atoms with Gasteiger partial charge in [0.25, 0.3) is 0 Å². The maximum Gasteiger partial charge on any atom is 0.224 e. The van der Waals surface area contributed by atoms with Crippen molar-refractivity contribution in [2.45, 2.75) is 32.0 Å². The molecule has 0 aliphatic carbocycles. The van der Waals surface area contributed by atoms with E-state index in [-0.39, 0.29) is 5.91 Å². The van der Waals surface area contributed by atoms with E-state index in [1.165, 1.54) is 5.56 Å². The van der Waals surface area contributed by atoms with E-state index in [1.54, 1.807) is 0 Å². The molecule has 0 aromatic heterocycles. The van der Waals surface area contributed by atoms with Crippen molar-refractivity contribution in [1.82, 2.24) is 5.32 Å². The molecule has 0 bridgehead atoms. The summed E-state index contributed by atoms with van der Waals surface area (Å²) >= 11 is 3.55. The Morgan fingerprint density at radius 2 is 2.12 bits per heavy atom. The van der Waals surface area contributed by atoms with Gasteiger partial charge in [0.05, 0.1) is 6.42 Å². The highest BCUT2D eigenvalue weighted by molar-refractivity contribution is 9.09. The van der Waals surface area contributed by atoms with E-state index in [1.807, 2.05) is 31.2 Å². The first-order valence-corrected chi connectivity index (χ1v) is 6.87. The zero-order valence-corrected chi connectivity index (χ0v) is 12.3. The standard InChI is InChI=1S/C14H20BrNO/c1-10(2)13(15)9-16-14(17)8-12-6-4-5-11(3)7-12/h4-7,10,13H,8-9H2,1-3H3,(H,16,17). The van der Waals surface area contributed by atoms with Crippen molar-refractivity contribution in [2.75, 3.05) is 6.54 Å². The lowest BCUT2D eigenvalue weighted by Gasteiger charge is -2.14. The number of hydrogen-bond acceptors (Lipinski definition) is 1. The highest BCUT2D eigenvalue weighted by Crippen LogP contribution is 2.10. The van der Waals surface area contributed by atoms with Gasteiger partial charge in [0, 0.05) is 11.4 Å². The van der Waals surface area contributed by atoms with Crippen molar-refractivity contribution in [3.63, 3.8) is 0 Å². The zero-order valence-electron chi connectivity index (χ0n) is 10.7. The highest BCUT2D eigenvalue weighted by Gasteiger charge is 2.10. The average Bonchev–Trinajstić information content (AvgIpc) is 2.25. The summed E-state index contributed by atoms with van der Waals surface area (Å²) in [5.41, 5.74) is 2.26. The number of rotatable bonds is 5. The van der Waals surface area contributed by atoms with E-state index in [0.717, 1.165) is 5.56 Å². The average molecular weight is 298 g/mol. The van der Waals surface area contributed by atoms with E-state index in [2.05, 4.69) is 35.1 Å². The van der Waals surface area contributed by atoms with Crippen molar-refractivity contribution < 1.29 is 4.79 Å². The molecular weight excluding hydrogens is 278 g/mol. The molecule has 17 heavy (non-hydrogen) atoms. The van der Waals surface area contributed by atoms with Gasteiger partial charge in [-0.3, -0.25) is 4.79 Å². The van der Waals surface area contributed by atoms with E-state index in [4.69, 9.17) is 0 Å². The number of carbonyl (C=O) groups excluding carboxylic acids is 1. The predicted molar refractivity (Wildman–Crippen MR) is 75.4 cm³/mol. The molecule has 0 saturated carbocycles. The Morgan fingerprint density at radius 1 is 1.41 bits per heavy atom. The van der Waals surface area contributed by atoms with Crippen LogP contribution in [0.15, 0.2) is 24.3 Å². The maximum absolute atomic E-state index is 11.7. The van der Waals surface area contributed by atoms with Gasteiger partial charge in [-0.15, -0.1) is 0 Å². The molecule has 1 unspecified atom stereocenters. The van der Waals surface area contributed by atoms with Crippen LogP contribution in [0.4, 0.5) is 0 Å². The Hall–Kier alpha value is -0.830. The minimum Gasteiger partial charge on any atom is -0.355 e. The van der Waals surface area contributed by atoms with Crippen molar-refractivity contribution in [3.05, 3.63) is 35.4 Å². The molecule has 2 nitrogen and oxygen atoms in total. The van der Waals surface area contributed by atoms with E-state index in [0.29, 0.717) is 23.7 Å². The van der Waals surface area contributed by atoms with Crippen LogP contribution in [0.5, 0.6) is 0 Å². The van der Waals surface area contributed by atoms with Crippen LogP contribution >= 0.6 is 15.9 Å². The molecule has 0 radical (unpaired) electrons. The minimum absolute atomic E-state index is 0.0840. The number of hydrogen-bond donors (Lipinski definition) is 1. The molecule has 3 heteroatoms. The van der Waals surface area contributed by atoms with Gasteiger partial charge in [-0.1, -0.05) is 59.6 Å². The molecular formula is C14H20BrNO. The molecule has 0 fully saturated rings. The van der Waals surface area contributed by atoms with Crippen LogP contribution in [0.1, 0.15) is 25.0 Å². The Labute approximate surface area is 112 Å². The number of alkyl halides is 1. The molecule has 0 aliphatic heterocycles. The van der Waals surface area contributed by atoms with Gasteiger partial charge in [0.1, 0.15) is 0 Å². The van der Waals surface area contributed by atoms with Crippen LogP contribution in [0.2, 0.25) is 0 Å². The van der Waals surface area contributed by atoms with Gasteiger partial charge in [-0.25, -0.2) is 0 Å². The second kappa shape index (κ2) is 6.80. The quantitative estimate of drug-likeness (QED) is 0.832. The monoisotopic (exact) mass is 297 g/mol. The molecule has 1 aromatic carbocycles. The van der Waals surface area contributed by atoms with Gasteiger partial charge in [-0.05, 0) is 18.4 Å². The predicted octanol–water partition coefficient (Wildman–Crippen LogP) is 3.07. The number of nitrogens with one attached hydrogen (secondary N) is 1. The summed E-state index contributed by atoms with van der Waals surface area (Å²) in [6.07, 6.45) is 0.458. The summed E-state index contributed by atoms with van der Waals surface area (Å²) in [6, 6.07) is 8.06. The Balaban J connectivity index is 2.40. The van der Waals surface area contributed by atoms with Crippen LogP contribution in [0.3, 0.4) is 0 Å². The lowest BCUT2D eigenvalue weighted by Crippen LogP contribution is -2.32. The fourth-order valence-corrected chi connectivity index (χ4v) is 1.68. The summed E-state index contributed by atoms with van der Waals surface area (Å²) in [7, 11) is 0. The van der Waals surface area contributed by atoms with Crippen molar-refractivity contribution in [2.24, 2.45) is 5.92 Å². The van der Waals surface area contributed by atoms with Crippen LogP contribution in [0.25, 0.3) is 0 Å². The molecule has 0 spiro atoms. The summed E-state index contributed by atoms with van der Waals surface area (Å²) < 4.78 is 0. The number of aryl methyl sites for hydroxylation is 1. The first kappa shape index (κ1) is 14.2. The van der Waals surface area contributed by atoms with Gasteiger partial charge < -0.3 is 5.32 Å². The van der Waals surface area contributed by atoms with Gasteiger partial charge in [-0.2, -0.15) is 0 Å². The van der Waals surface area contributed by atoms with Crippen LogP contribution in [0, 0.1) is 12.8 Å². The molecule has 1 amide bonds. The third-order valence-corrected chi connectivity index (χ3v) is 4.05. The third-order valence-electron chi connectivity index (χ3n) is 2.66. The summed E-state index contributed by atoms with van der Waals surface area (Å²) in [4.78, 5) is 12.1. The molecule has 1 atom stereocenters. The fourth-order valence-electron chi connectivity index (χ4n) is 1.52. The molecule has 1 aromatic rings. The SMILES string of the molecule is Cc1cccc(CC(=O)NCC(Br)C(C)C)c1. The first-order chi connectivity index (χ1) is 7.99. The molecule has 94 valence electrons. The van der Waals surface area contributed by atoms with E-state index >= 15 is 0 Å². The topological polar surface area (TPSA) is 29.1 Å². The smallest absolute Gasteiger partial charge is 0.224 e. The van der Waals surface area contributed by atoms with Gasteiger partial charge >= 0.3 is 0 Å². The second-order valence-corrected chi connectivity index (χ2v) is 5.91. The van der Waals surface area contributed by atoms with Gasteiger partial charge in [0.2, 0.25) is 5.91 Å². The second-order valence-electron chi connectivity index (χ2n) is 4.73. The Morgan fingerprint density at radius 3 is 2.71 bits per heavy atom. The molecule has 0 aliphatic rings. The van der Waals surface area contributed by atoms with Crippen LogP contribution in [-0.2, 0) is 11.2 Å². The lowest BCUT2D eigenvalue weighted by molar-refractivity contribution is -0.120. The molecule has 0 saturated heterocycles. The van der Waals surface area contributed by atoms with Crippen molar-refractivity contribution >= 4 is 21.8 Å². The van der Waals surface area contributed by atoms with Crippen molar-refractivity contribution in [1.29, 1.82) is 0 Å². The summed E-state index contributed by atoms with van der Waals surface area (Å²) in [5.74, 6) is 0.606.